The van der Waals surface area contributed by atoms with Gasteiger partial charge in [-0.25, -0.2) is 4.39 Å². The van der Waals surface area contributed by atoms with Gasteiger partial charge in [0.25, 0.3) is 5.89 Å². The number of aryl methyl sites for hydroxylation is 1. The van der Waals surface area contributed by atoms with E-state index < -0.39 is 0 Å². The highest BCUT2D eigenvalue weighted by Gasteiger charge is 2.27. The van der Waals surface area contributed by atoms with Crippen LogP contribution in [-0.4, -0.2) is 34.0 Å². The van der Waals surface area contributed by atoms with Crippen molar-refractivity contribution in [3.05, 3.63) is 77.2 Å². The van der Waals surface area contributed by atoms with E-state index in [0.29, 0.717) is 30.4 Å². The van der Waals surface area contributed by atoms with E-state index >= 15 is 0 Å². The number of amides is 1. The molecule has 3 aromatic rings. The van der Waals surface area contributed by atoms with Gasteiger partial charge in [-0.05, 0) is 49.6 Å². The van der Waals surface area contributed by atoms with Crippen LogP contribution in [0.5, 0.6) is 5.75 Å². The third kappa shape index (κ3) is 5.03. The van der Waals surface area contributed by atoms with E-state index in [9.17, 15) is 9.18 Å². The van der Waals surface area contributed by atoms with Gasteiger partial charge in [-0.3, -0.25) is 4.79 Å². The molecule has 0 unspecified atom stereocenters. The Hall–Kier alpha value is -3.22. The smallest absolute Gasteiger partial charge is 0.264 e. The van der Waals surface area contributed by atoms with Gasteiger partial charge in [0.15, 0.2) is 12.4 Å². The molecule has 0 radical (unpaired) electrons. The molecule has 7 heteroatoms. The van der Waals surface area contributed by atoms with Gasteiger partial charge in [0.2, 0.25) is 5.91 Å². The van der Waals surface area contributed by atoms with Crippen LogP contribution < -0.4 is 4.74 Å². The van der Waals surface area contributed by atoms with Gasteiger partial charge in [-0.1, -0.05) is 35.0 Å². The molecule has 0 saturated carbocycles. The van der Waals surface area contributed by atoms with Crippen LogP contribution >= 0.6 is 0 Å². The van der Waals surface area contributed by atoms with E-state index in [1.165, 1.54) is 17.7 Å². The largest absolute Gasteiger partial charge is 0.484 e. The topological polar surface area (TPSA) is 68.5 Å². The number of carbonyl (C=O) groups excluding carboxylic acids is 1. The van der Waals surface area contributed by atoms with Crippen LogP contribution in [0.3, 0.4) is 0 Å². The number of carbonyl (C=O) groups is 1. The number of benzene rings is 2. The van der Waals surface area contributed by atoms with Crippen LogP contribution in [-0.2, 0) is 17.8 Å². The fourth-order valence-corrected chi connectivity index (χ4v) is 3.59. The Morgan fingerprint density at radius 3 is 2.70 bits per heavy atom. The molecule has 2 aromatic carbocycles. The Morgan fingerprint density at radius 2 is 1.97 bits per heavy atom. The molecule has 1 fully saturated rings. The lowest BCUT2D eigenvalue weighted by Gasteiger charge is -2.30. The van der Waals surface area contributed by atoms with E-state index in [-0.39, 0.29) is 30.7 Å². The van der Waals surface area contributed by atoms with Crippen LogP contribution in [0, 0.1) is 12.7 Å². The van der Waals surface area contributed by atoms with Crippen molar-refractivity contribution in [1.82, 2.24) is 15.0 Å². The molecule has 1 saturated heterocycles. The number of likely N-dealkylation sites (tertiary alicyclic amines) is 1. The Bertz CT molecular complexity index is 995. The van der Waals surface area contributed by atoms with E-state index in [1.54, 1.807) is 12.1 Å². The molecule has 0 bridgehead atoms. The van der Waals surface area contributed by atoms with Crippen molar-refractivity contribution in [1.29, 1.82) is 0 Å². The third-order valence-corrected chi connectivity index (χ3v) is 5.32. The number of halogens is 1. The molecule has 0 spiro atoms. The molecular weight excluding hydrogens is 385 g/mol. The predicted molar refractivity (Wildman–Crippen MR) is 108 cm³/mol. The summed E-state index contributed by atoms with van der Waals surface area (Å²) in [6.45, 7) is 3.50. The minimum absolute atomic E-state index is 0.0133. The molecule has 0 aliphatic carbocycles. The number of ether oxygens (including phenoxy) is 1. The predicted octanol–water partition coefficient (Wildman–Crippen LogP) is 4.04. The fraction of sp³-hybridized carbons (Fsp3) is 0.348. The standard InChI is InChI=1S/C23H24FN3O3/c1-16-5-7-20(8-6-16)29-15-21-25-23(26-30-21)18-9-11-27(12-10-18)22(28)14-17-3-2-4-19(24)13-17/h2-8,13,18H,9-12,14-15H2,1H3. The average Bonchev–Trinajstić information content (AvgIpc) is 3.22. The first kappa shape index (κ1) is 20.1. The summed E-state index contributed by atoms with van der Waals surface area (Å²) in [6.07, 6.45) is 1.75. The minimum Gasteiger partial charge on any atom is -0.484 e. The molecule has 0 N–H and O–H groups in total. The second-order valence-electron chi connectivity index (χ2n) is 7.61. The summed E-state index contributed by atoms with van der Waals surface area (Å²) in [5, 5.41) is 4.10. The van der Waals surface area contributed by atoms with Gasteiger partial charge in [0.1, 0.15) is 11.6 Å². The van der Waals surface area contributed by atoms with Crippen molar-refractivity contribution in [2.24, 2.45) is 0 Å². The van der Waals surface area contributed by atoms with Gasteiger partial charge in [-0.2, -0.15) is 4.98 Å². The highest BCUT2D eigenvalue weighted by molar-refractivity contribution is 5.78. The first-order chi connectivity index (χ1) is 14.6. The highest BCUT2D eigenvalue weighted by atomic mass is 19.1. The number of aromatic nitrogens is 2. The summed E-state index contributed by atoms with van der Waals surface area (Å²) in [4.78, 5) is 18.8. The van der Waals surface area contributed by atoms with Crippen LogP contribution in [0.2, 0.25) is 0 Å². The summed E-state index contributed by atoms with van der Waals surface area (Å²) in [5.41, 5.74) is 1.86. The Morgan fingerprint density at radius 1 is 1.20 bits per heavy atom. The van der Waals surface area contributed by atoms with Gasteiger partial charge >= 0.3 is 0 Å². The Kier molecular flexibility index (Phi) is 6.07. The molecule has 1 amide bonds. The summed E-state index contributed by atoms with van der Waals surface area (Å²) < 4.78 is 24.3. The highest BCUT2D eigenvalue weighted by Crippen LogP contribution is 2.26. The van der Waals surface area contributed by atoms with Gasteiger partial charge in [-0.15, -0.1) is 0 Å². The number of rotatable bonds is 6. The lowest BCUT2D eigenvalue weighted by Crippen LogP contribution is -2.39. The maximum absolute atomic E-state index is 13.3. The lowest BCUT2D eigenvalue weighted by molar-refractivity contribution is -0.131. The third-order valence-electron chi connectivity index (χ3n) is 5.32. The summed E-state index contributed by atoms with van der Waals surface area (Å²) in [6, 6.07) is 14.0. The number of hydrogen-bond donors (Lipinski definition) is 0. The normalized spacial score (nSPS) is 14.7. The molecule has 1 aliphatic rings. The van der Waals surface area contributed by atoms with E-state index in [0.717, 1.165) is 18.6 Å². The van der Waals surface area contributed by atoms with Crippen LogP contribution in [0.4, 0.5) is 4.39 Å². The maximum Gasteiger partial charge on any atom is 0.264 e. The summed E-state index contributed by atoms with van der Waals surface area (Å²) in [7, 11) is 0. The number of nitrogens with zero attached hydrogens (tertiary/aromatic N) is 3. The first-order valence-electron chi connectivity index (χ1n) is 10.1. The molecular formula is C23H24FN3O3. The maximum atomic E-state index is 13.3. The number of hydrogen-bond acceptors (Lipinski definition) is 5. The van der Waals surface area contributed by atoms with Gasteiger partial charge < -0.3 is 14.2 Å². The second-order valence-corrected chi connectivity index (χ2v) is 7.61. The van der Waals surface area contributed by atoms with Crippen LogP contribution in [0.15, 0.2) is 53.1 Å². The molecule has 4 rings (SSSR count). The number of piperidine rings is 1. The molecule has 156 valence electrons. The van der Waals surface area contributed by atoms with Crippen molar-refractivity contribution in [3.63, 3.8) is 0 Å². The lowest BCUT2D eigenvalue weighted by atomic mass is 9.95. The van der Waals surface area contributed by atoms with Crippen LogP contribution in [0.25, 0.3) is 0 Å². The van der Waals surface area contributed by atoms with Crippen molar-refractivity contribution >= 4 is 5.91 Å². The van der Waals surface area contributed by atoms with Gasteiger partial charge in [0, 0.05) is 19.0 Å². The van der Waals surface area contributed by atoms with Crippen molar-refractivity contribution in [2.75, 3.05) is 13.1 Å². The monoisotopic (exact) mass is 409 g/mol. The zero-order chi connectivity index (χ0) is 20.9. The zero-order valence-electron chi connectivity index (χ0n) is 16.9. The second kappa shape index (κ2) is 9.07. The summed E-state index contributed by atoms with van der Waals surface area (Å²) in [5.74, 6) is 1.70. The zero-order valence-corrected chi connectivity index (χ0v) is 16.9. The minimum atomic E-state index is -0.321. The molecule has 1 aliphatic heterocycles. The SMILES string of the molecule is Cc1ccc(OCc2nc(C3CCN(C(=O)Cc4cccc(F)c4)CC3)no2)cc1. The quantitative estimate of drug-likeness (QED) is 0.615. The molecule has 1 aromatic heterocycles. The fourth-order valence-electron chi connectivity index (χ4n) is 3.59. The van der Waals surface area contributed by atoms with E-state index in [1.807, 2.05) is 36.1 Å². The first-order valence-corrected chi connectivity index (χ1v) is 10.1. The van der Waals surface area contributed by atoms with Crippen molar-refractivity contribution < 1.29 is 18.4 Å². The van der Waals surface area contributed by atoms with Crippen molar-refractivity contribution in [3.8, 4) is 5.75 Å². The summed E-state index contributed by atoms with van der Waals surface area (Å²) >= 11 is 0. The molecule has 6 nitrogen and oxygen atoms in total. The molecule has 0 atom stereocenters. The Balaban J connectivity index is 1.27. The van der Waals surface area contributed by atoms with Crippen molar-refractivity contribution in [2.45, 2.75) is 38.7 Å². The van der Waals surface area contributed by atoms with E-state index in [2.05, 4.69) is 10.1 Å². The van der Waals surface area contributed by atoms with Gasteiger partial charge in [0.05, 0.1) is 6.42 Å². The average molecular weight is 409 g/mol. The van der Waals surface area contributed by atoms with E-state index in [4.69, 9.17) is 9.26 Å². The molecule has 30 heavy (non-hydrogen) atoms. The Labute approximate surface area is 174 Å². The van der Waals surface area contributed by atoms with Crippen LogP contribution in [0.1, 0.15) is 41.6 Å². The molecule has 2 heterocycles.